The van der Waals surface area contributed by atoms with Gasteiger partial charge in [-0.15, -0.1) is 11.3 Å². The molecule has 0 spiro atoms. The minimum Gasteiger partial charge on any atom is -0.383 e. The van der Waals surface area contributed by atoms with E-state index in [1.807, 2.05) is 24.4 Å². The number of nitrogens with two attached hydrogens (primary N) is 1. The fourth-order valence-electron chi connectivity index (χ4n) is 1.08. The zero-order chi connectivity index (χ0) is 9.26. The van der Waals surface area contributed by atoms with E-state index in [4.69, 9.17) is 5.73 Å². The lowest BCUT2D eigenvalue weighted by atomic mass is 10.3. The number of hydrogen-bond donors (Lipinski definition) is 1. The van der Waals surface area contributed by atoms with E-state index in [2.05, 4.69) is 9.97 Å². The van der Waals surface area contributed by atoms with Gasteiger partial charge < -0.3 is 5.73 Å². The third-order valence-corrected chi connectivity index (χ3v) is 2.68. The van der Waals surface area contributed by atoms with Crippen LogP contribution in [0.4, 0.5) is 5.82 Å². The molecule has 4 heteroatoms. The van der Waals surface area contributed by atoms with E-state index in [9.17, 15) is 0 Å². The maximum atomic E-state index is 5.72. The van der Waals surface area contributed by atoms with Crippen LogP contribution >= 0.6 is 11.3 Å². The average Bonchev–Trinajstić information content (AvgIpc) is 2.53. The maximum absolute atomic E-state index is 5.72. The van der Waals surface area contributed by atoms with Gasteiger partial charge in [0.05, 0.1) is 5.56 Å². The van der Waals surface area contributed by atoms with E-state index in [0.717, 1.165) is 16.3 Å². The van der Waals surface area contributed by atoms with Crippen molar-refractivity contribution in [3.8, 4) is 10.6 Å². The highest BCUT2D eigenvalue weighted by molar-refractivity contribution is 7.13. The smallest absolute Gasteiger partial charge is 0.133 e. The van der Waals surface area contributed by atoms with Crippen LogP contribution in [0.25, 0.3) is 10.6 Å². The standard InChI is InChI=1S/C9H9N3S/c1-6-5-13-9(12-6)7-3-2-4-11-8(7)10/h2-5H,1H3,(H2,10,11). The Morgan fingerprint density at radius 2 is 2.31 bits per heavy atom. The van der Waals surface area contributed by atoms with E-state index in [1.54, 1.807) is 17.5 Å². The summed E-state index contributed by atoms with van der Waals surface area (Å²) in [5, 5.41) is 2.94. The molecule has 0 fully saturated rings. The van der Waals surface area contributed by atoms with Crippen molar-refractivity contribution in [2.45, 2.75) is 6.92 Å². The molecule has 0 amide bonds. The van der Waals surface area contributed by atoms with E-state index in [0.29, 0.717) is 5.82 Å². The van der Waals surface area contributed by atoms with Crippen LogP contribution < -0.4 is 5.73 Å². The minimum absolute atomic E-state index is 0.539. The summed E-state index contributed by atoms with van der Waals surface area (Å²) in [6.07, 6.45) is 1.68. The maximum Gasteiger partial charge on any atom is 0.133 e. The van der Waals surface area contributed by atoms with E-state index >= 15 is 0 Å². The molecule has 0 saturated carbocycles. The molecule has 3 nitrogen and oxygen atoms in total. The molecular weight excluding hydrogens is 182 g/mol. The van der Waals surface area contributed by atoms with Crippen molar-refractivity contribution in [1.29, 1.82) is 0 Å². The molecule has 2 N–H and O–H groups in total. The minimum atomic E-state index is 0.539. The first-order chi connectivity index (χ1) is 6.27. The SMILES string of the molecule is Cc1csc(-c2cccnc2N)n1. The third-order valence-electron chi connectivity index (χ3n) is 1.69. The summed E-state index contributed by atoms with van der Waals surface area (Å²) in [6, 6.07) is 3.79. The van der Waals surface area contributed by atoms with Gasteiger partial charge in [0.2, 0.25) is 0 Å². The lowest BCUT2D eigenvalue weighted by Crippen LogP contribution is -1.92. The van der Waals surface area contributed by atoms with E-state index in [1.165, 1.54) is 0 Å². The second kappa shape index (κ2) is 3.14. The number of rotatable bonds is 1. The topological polar surface area (TPSA) is 51.8 Å². The molecule has 0 aliphatic carbocycles. The van der Waals surface area contributed by atoms with Crippen LogP contribution in [0.15, 0.2) is 23.7 Å². The second-order valence-corrected chi connectivity index (χ2v) is 3.59. The van der Waals surface area contributed by atoms with Crippen molar-refractivity contribution < 1.29 is 0 Å². The first kappa shape index (κ1) is 8.19. The summed E-state index contributed by atoms with van der Waals surface area (Å²) < 4.78 is 0. The van der Waals surface area contributed by atoms with Crippen molar-refractivity contribution in [3.63, 3.8) is 0 Å². The molecule has 2 rings (SSSR count). The molecule has 2 aromatic heterocycles. The van der Waals surface area contributed by atoms with Gasteiger partial charge in [0.25, 0.3) is 0 Å². The first-order valence-electron chi connectivity index (χ1n) is 3.90. The number of hydrogen-bond acceptors (Lipinski definition) is 4. The molecule has 2 aromatic rings. The number of aryl methyl sites for hydroxylation is 1. The largest absolute Gasteiger partial charge is 0.383 e. The Kier molecular flexibility index (Phi) is 1.98. The molecule has 13 heavy (non-hydrogen) atoms. The van der Waals surface area contributed by atoms with Crippen molar-refractivity contribution in [3.05, 3.63) is 29.4 Å². The Morgan fingerprint density at radius 1 is 1.46 bits per heavy atom. The summed E-state index contributed by atoms with van der Waals surface area (Å²) >= 11 is 1.59. The van der Waals surface area contributed by atoms with Gasteiger partial charge in [0, 0.05) is 17.3 Å². The monoisotopic (exact) mass is 191 g/mol. The lowest BCUT2D eigenvalue weighted by Gasteiger charge is -1.98. The van der Waals surface area contributed by atoms with Crippen LogP contribution in [0.5, 0.6) is 0 Å². The van der Waals surface area contributed by atoms with Crippen LogP contribution in [-0.4, -0.2) is 9.97 Å². The molecule has 0 atom stereocenters. The lowest BCUT2D eigenvalue weighted by molar-refractivity contribution is 1.26. The Bertz CT molecular complexity index is 422. The number of nitrogens with zero attached hydrogens (tertiary/aromatic N) is 2. The predicted molar refractivity (Wildman–Crippen MR) is 54.5 cm³/mol. The van der Waals surface area contributed by atoms with Gasteiger partial charge >= 0.3 is 0 Å². The van der Waals surface area contributed by atoms with Crippen molar-refractivity contribution >= 4 is 17.2 Å². The first-order valence-corrected chi connectivity index (χ1v) is 4.78. The highest BCUT2D eigenvalue weighted by Gasteiger charge is 2.05. The van der Waals surface area contributed by atoms with E-state index < -0.39 is 0 Å². The van der Waals surface area contributed by atoms with E-state index in [-0.39, 0.29) is 0 Å². The number of anilines is 1. The summed E-state index contributed by atoms with van der Waals surface area (Å²) in [6.45, 7) is 1.96. The number of pyridine rings is 1. The Labute approximate surface area is 80.3 Å². The van der Waals surface area contributed by atoms with Gasteiger partial charge in [-0.3, -0.25) is 0 Å². The van der Waals surface area contributed by atoms with Gasteiger partial charge in [0.15, 0.2) is 0 Å². The zero-order valence-corrected chi connectivity index (χ0v) is 8.01. The third kappa shape index (κ3) is 1.53. The van der Waals surface area contributed by atoms with Gasteiger partial charge in [-0.05, 0) is 19.1 Å². The number of thiazole rings is 1. The summed E-state index contributed by atoms with van der Waals surface area (Å²) in [5.74, 6) is 0.539. The van der Waals surface area contributed by atoms with Crippen LogP contribution in [0, 0.1) is 6.92 Å². The average molecular weight is 191 g/mol. The van der Waals surface area contributed by atoms with Gasteiger partial charge in [-0.2, -0.15) is 0 Å². The molecule has 0 radical (unpaired) electrons. The highest BCUT2D eigenvalue weighted by atomic mass is 32.1. The Morgan fingerprint density at radius 3 is 2.92 bits per heavy atom. The van der Waals surface area contributed by atoms with Crippen molar-refractivity contribution in [2.75, 3.05) is 5.73 Å². The number of nitrogen functional groups attached to an aromatic ring is 1. The summed E-state index contributed by atoms with van der Waals surface area (Å²) in [7, 11) is 0. The molecule has 0 aliphatic heterocycles. The summed E-state index contributed by atoms with van der Waals surface area (Å²) in [5.41, 5.74) is 7.65. The fraction of sp³-hybridized carbons (Fsp3) is 0.111. The van der Waals surface area contributed by atoms with Crippen LogP contribution in [-0.2, 0) is 0 Å². The highest BCUT2D eigenvalue weighted by Crippen LogP contribution is 2.26. The molecule has 0 bridgehead atoms. The van der Waals surface area contributed by atoms with Crippen LogP contribution in [0.2, 0.25) is 0 Å². The number of aromatic nitrogens is 2. The molecule has 66 valence electrons. The molecular formula is C9H9N3S. The van der Waals surface area contributed by atoms with Gasteiger partial charge in [0.1, 0.15) is 10.8 Å². The molecule has 0 aromatic carbocycles. The summed E-state index contributed by atoms with van der Waals surface area (Å²) in [4.78, 5) is 8.35. The Hall–Kier alpha value is -1.42. The Balaban J connectivity index is 2.52. The van der Waals surface area contributed by atoms with Crippen LogP contribution in [0.3, 0.4) is 0 Å². The molecule has 0 saturated heterocycles. The predicted octanol–water partition coefficient (Wildman–Crippen LogP) is 2.10. The molecule has 0 aliphatic rings. The molecule has 2 heterocycles. The second-order valence-electron chi connectivity index (χ2n) is 2.73. The van der Waals surface area contributed by atoms with Gasteiger partial charge in [-0.25, -0.2) is 9.97 Å². The fourth-order valence-corrected chi connectivity index (χ4v) is 1.91. The van der Waals surface area contributed by atoms with Crippen molar-refractivity contribution in [1.82, 2.24) is 9.97 Å². The van der Waals surface area contributed by atoms with Crippen LogP contribution in [0.1, 0.15) is 5.69 Å². The zero-order valence-electron chi connectivity index (χ0n) is 7.19. The molecule has 0 unspecified atom stereocenters. The van der Waals surface area contributed by atoms with Gasteiger partial charge in [-0.1, -0.05) is 0 Å². The normalized spacial score (nSPS) is 10.2. The quantitative estimate of drug-likeness (QED) is 0.751. The van der Waals surface area contributed by atoms with Crippen molar-refractivity contribution in [2.24, 2.45) is 0 Å².